The smallest absolute Gasteiger partial charge is 0.242 e. The predicted molar refractivity (Wildman–Crippen MR) is 71.4 cm³/mol. The zero-order valence-corrected chi connectivity index (χ0v) is 10.9. The monoisotopic (exact) mass is 248 g/mol. The Bertz CT molecular complexity index is 416. The number of benzene rings is 1. The van der Waals surface area contributed by atoms with E-state index in [1.165, 1.54) is 0 Å². The number of nitrogens with one attached hydrogen (secondary N) is 2. The van der Waals surface area contributed by atoms with Crippen LogP contribution >= 0.6 is 0 Å². The molecule has 1 unspecified atom stereocenters. The first-order valence-corrected chi connectivity index (χ1v) is 6.34. The third kappa shape index (κ3) is 3.47. The summed E-state index contributed by atoms with van der Waals surface area (Å²) < 4.78 is 5.14. The number of ether oxygens (including phenoxy) is 1. The fourth-order valence-electron chi connectivity index (χ4n) is 1.80. The summed E-state index contributed by atoms with van der Waals surface area (Å²) in [6, 6.07) is 8.05. The van der Waals surface area contributed by atoms with E-state index >= 15 is 0 Å². The quantitative estimate of drug-likeness (QED) is 0.808. The van der Waals surface area contributed by atoms with Crippen molar-refractivity contribution in [3.8, 4) is 0 Å². The van der Waals surface area contributed by atoms with Crippen LogP contribution in [0.4, 0.5) is 5.69 Å². The minimum atomic E-state index is -0.233. The SMILES string of the molecule is COCc1ccccc1NC(C)C(=O)NC1CC1. The number of para-hydroxylation sites is 1. The van der Waals surface area contributed by atoms with E-state index in [4.69, 9.17) is 4.74 Å². The third-order valence-corrected chi connectivity index (χ3v) is 3.01. The number of methoxy groups -OCH3 is 1. The average molecular weight is 248 g/mol. The Kier molecular flexibility index (Phi) is 4.20. The molecule has 0 heterocycles. The Morgan fingerprint density at radius 1 is 1.44 bits per heavy atom. The zero-order valence-electron chi connectivity index (χ0n) is 10.9. The number of carbonyl (C=O) groups is 1. The molecule has 1 atom stereocenters. The summed E-state index contributed by atoms with van der Waals surface area (Å²) in [7, 11) is 1.67. The highest BCUT2D eigenvalue weighted by Gasteiger charge is 2.25. The van der Waals surface area contributed by atoms with Gasteiger partial charge in [-0.2, -0.15) is 0 Å². The van der Waals surface area contributed by atoms with Gasteiger partial charge in [-0.3, -0.25) is 4.79 Å². The van der Waals surface area contributed by atoms with Crippen molar-refractivity contribution in [1.82, 2.24) is 5.32 Å². The van der Waals surface area contributed by atoms with Crippen LogP contribution in [0.25, 0.3) is 0 Å². The molecule has 0 bridgehead atoms. The van der Waals surface area contributed by atoms with Crippen LogP contribution in [0.2, 0.25) is 0 Å². The van der Waals surface area contributed by atoms with E-state index in [0.29, 0.717) is 12.6 Å². The van der Waals surface area contributed by atoms with Crippen molar-refractivity contribution in [3.63, 3.8) is 0 Å². The van der Waals surface area contributed by atoms with Crippen LogP contribution in [0.1, 0.15) is 25.3 Å². The fraction of sp³-hybridized carbons (Fsp3) is 0.500. The molecule has 4 heteroatoms. The second-order valence-corrected chi connectivity index (χ2v) is 4.74. The number of rotatable bonds is 6. The summed E-state index contributed by atoms with van der Waals surface area (Å²) in [6.45, 7) is 2.42. The standard InChI is InChI=1S/C14H20N2O2/c1-10(14(17)16-12-7-8-12)15-13-6-4-3-5-11(13)9-18-2/h3-6,10,12,15H,7-9H2,1-2H3,(H,16,17). The van der Waals surface area contributed by atoms with Gasteiger partial charge >= 0.3 is 0 Å². The van der Waals surface area contributed by atoms with Gasteiger partial charge in [0.2, 0.25) is 5.91 Å². The zero-order chi connectivity index (χ0) is 13.0. The van der Waals surface area contributed by atoms with Crippen LogP contribution in [0.15, 0.2) is 24.3 Å². The highest BCUT2D eigenvalue weighted by atomic mass is 16.5. The first-order chi connectivity index (χ1) is 8.70. The minimum absolute atomic E-state index is 0.0599. The van der Waals surface area contributed by atoms with E-state index in [1.54, 1.807) is 7.11 Å². The van der Waals surface area contributed by atoms with Gasteiger partial charge in [-0.25, -0.2) is 0 Å². The van der Waals surface area contributed by atoms with Crippen LogP contribution in [0.3, 0.4) is 0 Å². The molecule has 18 heavy (non-hydrogen) atoms. The van der Waals surface area contributed by atoms with Gasteiger partial charge in [-0.15, -0.1) is 0 Å². The Morgan fingerprint density at radius 3 is 2.83 bits per heavy atom. The molecule has 4 nitrogen and oxygen atoms in total. The number of hydrogen-bond donors (Lipinski definition) is 2. The molecule has 0 aromatic heterocycles. The molecule has 2 rings (SSSR count). The van der Waals surface area contributed by atoms with E-state index < -0.39 is 0 Å². The van der Waals surface area contributed by atoms with Gasteiger partial charge in [-0.05, 0) is 25.8 Å². The fourth-order valence-corrected chi connectivity index (χ4v) is 1.80. The van der Waals surface area contributed by atoms with E-state index in [9.17, 15) is 4.79 Å². The van der Waals surface area contributed by atoms with Crippen molar-refractivity contribution in [2.24, 2.45) is 0 Å². The van der Waals surface area contributed by atoms with Crippen LogP contribution in [0, 0.1) is 0 Å². The topological polar surface area (TPSA) is 50.4 Å². The lowest BCUT2D eigenvalue weighted by molar-refractivity contribution is -0.121. The molecule has 0 spiro atoms. The highest BCUT2D eigenvalue weighted by molar-refractivity contribution is 5.84. The molecule has 1 saturated carbocycles. The van der Waals surface area contributed by atoms with Gasteiger partial charge in [0, 0.05) is 24.4 Å². The lowest BCUT2D eigenvalue weighted by atomic mass is 10.1. The van der Waals surface area contributed by atoms with Crippen LogP contribution in [0.5, 0.6) is 0 Å². The molecule has 1 aliphatic carbocycles. The van der Waals surface area contributed by atoms with Crippen LogP contribution in [-0.4, -0.2) is 25.1 Å². The third-order valence-electron chi connectivity index (χ3n) is 3.01. The normalized spacial score (nSPS) is 16.1. The molecular formula is C14H20N2O2. The van der Waals surface area contributed by atoms with Crippen molar-refractivity contribution in [2.75, 3.05) is 12.4 Å². The lowest BCUT2D eigenvalue weighted by Gasteiger charge is -2.17. The molecule has 1 fully saturated rings. The molecule has 0 radical (unpaired) electrons. The van der Waals surface area contributed by atoms with E-state index in [2.05, 4.69) is 10.6 Å². The van der Waals surface area contributed by atoms with Gasteiger partial charge in [0.1, 0.15) is 6.04 Å². The molecule has 1 aromatic rings. The summed E-state index contributed by atoms with van der Waals surface area (Å²) in [5.74, 6) is 0.0599. The minimum Gasteiger partial charge on any atom is -0.380 e. The molecule has 1 aliphatic rings. The van der Waals surface area contributed by atoms with E-state index in [-0.39, 0.29) is 11.9 Å². The predicted octanol–water partition coefficient (Wildman–Crippen LogP) is 1.91. The maximum Gasteiger partial charge on any atom is 0.242 e. The molecule has 0 aliphatic heterocycles. The Labute approximate surface area is 108 Å². The second-order valence-electron chi connectivity index (χ2n) is 4.74. The van der Waals surface area contributed by atoms with E-state index in [0.717, 1.165) is 24.1 Å². The summed E-state index contributed by atoms with van der Waals surface area (Å²) in [4.78, 5) is 11.9. The van der Waals surface area contributed by atoms with Crippen LogP contribution < -0.4 is 10.6 Å². The van der Waals surface area contributed by atoms with Gasteiger partial charge in [0.05, 0.1) is 6.61 Å². The molecular weight excluding hydrogens is 228 g/mol. The number of hydrogen-bond acceptors (Lipinski definition) is 3. The van der Waals surface area contributed by atoms with Crippen LogP contribution in [-0.2, 0) is 16.1 Å². The summed E-state index contributed by atoms with van der Waals surface area (Å²) in [5.41, 5.74) is 2.02. The molecule has 0 saturated heterocycles. The van der Waals surface area contributed by atoms with E-state index in [1.807, 2.05) is 31.2 Å². The molecule has 1 aromatic carbocycles. The summed E-state index contributed by atoms with van der Waals surface area (Å²) in [6.07, 6.45) is 2.22. The Morgan fingerprint density at radius 2 is 2.17 bits per heavy atom. The van der Waals surface area contributed by atoms with Gasteiger partial charge in [-0.1, -0.05) is 18.2 Å². The van der Waals surface area contributed by atoms with Crippen molar-refractivity contribution < 1.29 is 9.53 Å². The second kappa shape index (κ2) is 5.87. The number of carbonyl (C=O) groups excluding carboxylic acids is 1. The van der Waals surface area contributed by atoms with Gasteiger partial charge in [0.25, 0.3) is 0 Å². The summed E-state index contributed by atoms with van der Waals surface area (Å²) in [5, 5.41) is 6.23. The maximum absolute atomic E-state index is 11.9. The number of anilines is 1. The molecule has 1 amide bonds. The average Bonchev–Trinajstić information content (AvgIpc) is 3.16. The van der Waals surface area contributed by atoms with Crippen molar-refractivity contribution >= 4 is 11.6 Å². The van der Waals surface area contributed by atoms with Crippen molar-refractivity contribution in [2.45, 2.75) is 38.5 Å². The number of amides is 1. The highest BCUT2D eigenvalue weighted by Crippen LogP contribution is 2.20. The first-order valence-electron chi connectivity index (χ1n) is 6.34. The first kappa shape index (κ1) is 12.9. The van der Waals surface area contributed by atoms with Crippen molar-refractivity contribution in [1.29, 1.82) is 0 Å². The van der Waals surface area contributed by atoms with Gasteiger partial charge < -0.3 is 15.4 Å². The Balaban J connectivity index is 1.96. The largest absolute Gasteiger partial charge is 0.380 e. The molecule has 2 N–H and O–H groups in total. The summed E-state index contributed by atoms with van der Waals surface area (Å²) >= 11 is 0. The van der Waals surface area contributed by atoms with Gasteiger partial charge in [0.15, 0.2) is 0 Å². The lowest BCUT2D eigenvalue weighted by Crippen LogP contribution is -2.38. The maximum atomic E-state index is 11.9. The Hall–Kier alpha value is -1.55. The molecule has 98 valence electrons. The van der Waals surface area contributed by atoms with Crippen molar-refractivity contribution in [3.05, 3.63) is 29.8 Å².